The summed E-state index contributed by atoms with van der Waals surface area (Å²) in [5, 5.41) is 6.79. The minimum Gasteiger partial charge on any atom is -0.491 e. The van der Waals surface area contributed by atoms with E-state index in [9.17, 15) is 0 Å². The molecule has 0 fully saturated rings. The van der Waals surface area contributed by atoms with Crippen LogP contribution in [0, 0.1) is 0 Å². The van der Waals surface area contributed by atoms with Crippen LogP contribution in [-0.4, -0.2) is 26.2 Å². The quantitative estimate of drug-likeness (QED) is 0.625. The van der Waals surface area contributed by atoms with Crippen LogP contribution in [0.5, 0.6) is 5.75 Å². The lowest BCUT2D eigenvalue weighted by atomic mass is 10.3. The van der Waals surface area contributed by atoms with Crippen LogP contribution < -0.4 is 15.4 Å². The van der Waals surface area contributed by atoms with Gasteiger partial charge >= 0.3 is 0 Å². The molecule has 0 amide bonds. The van der Waals surface area contributed by atoms with Gasteiger partial charge in [-0.1, -0.05) is 32.4 Å². The third-order valence-corrected chi connectivity index (χ3v) is 2.69. The average Bonchev–Trinajstić information content (AvgIpc) is 2.40. The van der Waals surface area contributed by atoms with Crippen molar-refractivity contribution < 1.29 is 4.74 Å². The highest BCUT2D eigenvalue weighted by Gasteiger charge is 2.01. The second kappa shape index (κ2) is 9.77. The zero-order valence-corrected chi connectivity index (χ0v) is 11.7. The molecule has 0 heterocycles. The first kappa shape index (κ1) is 14.8. The molecule has 0 aliphatic carbocycles. The SMILES string of the molecule is CCCCOc1ccccc1NCCNCCC. The average molecular weight is 250 g/mol. The van der Waals surface area contributed by atoms with Crippen molar-refractivity contribution in [2.24, 2.45) is 0 Å². The van der Waals surface area contributed by atoms with Gasteiger partial charge in [0.05, 0.1) is 12.3 Å². The van der Waals surface area contributed by atoms with Crippen molar-refractivity contribution in [1.82, 2.24) is 5.32 Å². The number of rotatable bonds is 10. The van der Waals surface area contributed by atoms with Crippen LogP contribution in [0.1, 0.15) is 33.1 Å². The van der Waals surface area contributed by atoms with Gasteiger partial charge in [-0.3, -0.25) is 0 Å². The first-order chi connectivity index (χ1) is 8.88. The maximum absolute atomic E-state index is 5.77. The topological polar surface area (TPSA) is 33.3 Å². The van der Waals surface area contributed by atoms with Crippen LogP contribution in [0.25, 0.3) is 0 Å². The molecule has 0 bridgehead atoms. The Balaban J connectivity index is 2.33. The second-order valence-corrected chi connectivity index (χ2v) is 4.37. The lowest BCUT2D eigenvalue weighted by Crippen LogP contribution is -2.22. The maximum atomic E-state index is 5.77. The van der Waals surface area contributed by atoms with Gasteiger partial charge in [-0.15, -0.1) is 0 Å². The lowest BCUT2D eigenvalue weighted by molar-refractivity contribution is 0.310. The smallest absolute Gasteiger partial charge is 0.142 e. The van der Waals surface area contributed by atoms with Crippen molar-refractivity contribution in [1.29, 1.82) is 0 Å². The Morgan fingerprint density at radius 3 is 2.61 bits per heavy atom. The van der Waals surface area contributed by atoms with Gasteiger partial charge < -0.3 is 15.4 Å². The summed E-state index contributed by atoms with van der Waals surface area (Å²) < 4.78 is 5.77. The number of hydrogen-bond donors (Lipinski definition) is 2. The highest BCUT2D eigenvalue weighted by Crippen LogP contribution is 2.23. The normalized spacial score (nSPS) is 10.3. The third-order valence-electron chi connectivity index (χ3n) is 2.69. The standard InChI is InChI=1S/C15H26N2O/c1-3-5-13-18-15-9-7-6-8-14(15)17-12-11-16-10-4-2/h6-9,16-17H,3-5,10-13H2,1-2H3. The Kier molecular flexibility index (Phi) is 8.06. The Morgan fingerprint density at radius 2 is 1.83 bits per heavy atom. The third kappa shape index (κ3) is 5.92. The predicted octanol–water partition coefficient (Wildman–Crippen LogP) is 3.28. The van der Waals surface area contributed by atoms with E-state index in [0.29, 0.717) is 0 Å². The summed E-state index contributed by atoms with van der Waals surface area (Å²) in [5.74, 6) is 0.960. The largest absolute Gasteiger partial charge is 0.491 e. The molecule has 0 aliphatic heterocycles. The molecule has 0 radical (unpaired) electrons. The van der Waals surface area contributed by atoms with Crippen LogP contribution in [-0.2, 0) is 0 Å². The summed E-state index contributed by atoms with van der Waals surface area (Å²) in [7, 11) is 0. The van der Waals surface area contributed by atoms with Crippen molar-refractivity contribution in [3.05, 3.63) is 24.3 Å². The monoisotopic (exact) mass is 250 g/mol. The van der Waals surface area contributed by atoms with Crippen molar-refractivity contribution in [3.8, 4) is 5.75 Å². The van der Waals surface area contributed by atoms with E-state index in [1.165, 1.54) is 6.42 Å². The van der Waals surface area contributed by atoms with E-state index in [-0.39, 0.29) is 0 Å². The number of unbranched alkanes of at least 4 members (excludes halogenated alkanes) is 1. The van der Waals surface area contributed by atoms with Crippen molar-refractivity contribution in [2.75, 3.05) is 31.6 Å². The van der Waals surface area contributed by atoms with Gasteiger partial charge in [0.25, 0.3) is 0 Å². The Labute approximate surface area is 111 Å². The molecule has 0 saturated heterocycles. The molecule has 102 valence electrons. The molecule has 0 unspecified atom stereocenters. The minimum absolute atomic E-state index is 0.795. The zero-order valence-electron chi connectivity index (χ0n) is 11.7. The highest BCUT2D eigenvalue weighted by molar-refractivity contribution is 5.56. The summed E-state index contributed by atoms with van der Waals surface area (Å²) in [6.07, 6.45) is 3.44. The number of nitrogens with one attached hydrogen (secondary N) is 2. The maximum Gasteiger partial charge on any atom is 0.142 e. The molecule has 3 heteroatoms. The van der Waals surface area contributed by atoms with Crippen LogP contribution in [0.15, 0.2) is 24.3 Å². The molecule has 18 heavy (non-hydrogen) atoms. The molecular weight excluding hydrogens is 224 g/mol. The van der Waals surface area contributed by atoms with Crippen molar-refractivity contribution in [2.45, 2.75) is 33.1 Å². The van der Waals surface area contributed by atoms with Crippen LogP contribution >= 0.6 is 0 Å². The number of para-hydroxylation sites is 2. The summed E-state index contributed by atoms with van der Waals surface area (Å²) in [4.78, 5) is 0. The van der Waals surface area contributed by atoms with Gasteiger partial charge in [-0.05, 0) is 31.5 Å². The van der Waals surface area contributed by atoms with Gasteiger partial charge in [-0.25, -0.2) is 0 Å². The van der Waals surface area contributed by atoms with E-state index in [2.05, 4.69) is 30.5 Å². The van der Waals surface area contributed by atoms with E-state index in [0.717, 1.165) is 50.5 Å². The Hall–Kier alpha value is -1.22. The van der Waals surface area contributed by atoms with E-state index in [1.807, 2.05) is 18.2 Å². The fraction of sp³-hybridized carbons (Fsp3) is 0.600. The van der Waals surface area contributed by atoms with E-state index >= 15 is 0 Å². The first-order valence-electron chi connectivity index (χ1n) is 7.05. The van der Waals surface area contributed by atoms with Crippen molar-refractivity contribution >= 4 is 5.69 Å². The van der Waals surface area contributed by atoms with Crippen LogP contribution in [0.3, 0.4) is 0 Å². The van der Waals surface area contributed by atoms with E-state index < -0.39 is 0 Å². The van der Waals surface area contributed by atoms with Gasteiger partial charge in [0.2, 0.25) is 0 Å². The van der Waals surface area contributed by atoms with Gasteiger partial charge in [0.15, 0.2) is 0 Å². The summed E-state index contributed by atoms with van der Waals surface area (Å²) in [6, 6.07) is 8.15. The highest BCUT2D eigenvalue weighted by atomic mass is 16.5. The van der Waals surface area contributed by atoms with Gasteiger partial charge in [-0.2, -0.15) is 0 Å². The molecule has 0 aliphatic rings. The van der Waals surface area contributed by atoms with Crippen LogP contribution in [0.2, 0.25) is 0 Å². The second-order valence-electron chi connectivity index (χ2n) is 4.37. The molecule has 1 aromatic carbocycles. The molecular formula is C15H26N2O. The zero-order chi connectivity index (χ0) is 13.1. The van der Waals surface area contributed by atoms with Crippen molar-refractivity contribution in [3.63, 3.8) is 0 Å². The fourth-order valence-electron chi connectivity index (χ4n) is 1.65. The molecule has 3 nitrogen and oxygen atoms in total. The van der Waals surface area contributed by atoms with E-state index in [4.69, 9.17) is 4.74 Å². The Bertz CT molecular complexity index is 315. The molecule has 0 spiro atoms. The number of ether oxygens (including phenoxy) is 1. The Morgan fingerprint density at radius 1 is 1.00 bits per heavy atom. The van der Waals surface area contributed by atoms with E-state index in [1.54, 1.807) is 0 Å². The lowest BCUT2D eigenvalue weighted by Gasteiger charge is -2.13. The molecule has 0 saturated carbocycles. The number of benzene rings is 1. The fourth-order valence-corrected chi connectivity index (χ4v) is 1.65. The molecule has 0 atom stereocenters. The summed E-state index contributed by atoms with van der Waals surface area (Å²) in [6.45, 7) is 8.13. The molecule has 0 aromatic heterocycles. The number of anilines is 1. The molecule has 1 rings (SSSR count). The summed E-state index contributed by atoms with van der Waals surface area (Å²) >= 11 is 0. The van der Waals surface area contributed by atoms with Crippen LogP contribution in [0.4, 0.5) is 5.69 Å². The summed E-state index contributed by atoms with van der Waals surface area (Å²) in [5.41, 5.74) is 1.09. The van der Waals surface area contributed by atoms with Gasteiger partial charge in [0.1, 0.15) is 5.75 Å². The first-order valence-corrected chi connectivity index (χ1v) is 7.05. The number of hydrogen-bond acceptors (Lipinski definition) is 3. The molecule has 1 aromatic rings. The molecule has 2 N–H and O–H groups in total. The predicted molar refractivity (Wildman–Crippen MR) is 78.5 cm³/mol. The minimum atomic E-state index is 0.795. The van der Waals surface area contributed by atoms with Gasteiger partial charge in [0, 0.05) is 13.1 Å².